The Labute approximate surface area is 140 Å². The van der Waals surface area contributed by atoms with Gasteiger partial charge >= 0.3 is 0 Å². The van der Waals surface area contributed by atoms with Gasteiger partial charge in [-0.1, -0.05) is 29.8 Å². The first-order valence-electron chi connectivity index (χ1n) is 8.57. The SMILES string of the molecule is Cc1ccc(CC(=O)C2CCC(CS(=O)(=O)C(C)C)CC2)cc1. The lowest BCUT2D eigenvalue weighted by Crippen LogP contribution is -2.29. The van der Waals surface area contributed by atoms with Crippen LogP contribution in [0.25, 0.3) is 0 Å². The molecule has 0 aromatic heterocycles. The first-order chi connectivity index (χ1) is 10.8. The Morgan fingerprint density at radius 3 is 2.17 bits per heavy atom. The van der Waals surface area contributed by atoms with Crippen molar-refractivity contribution in [1.29, 1.82) is 0 Å². The molecule has 0 atom stereocenters. The second-order valence-corrected chi connectivity index (χ2v) is 9.83. The molecule has 128 valence electrons. The molecule has 0 unspecified atom stereocenters. The third kappa shape index (κ3) is 5.17. The lowest BCUT2D eigenvalue weighted by Gasteiger charge is -2.28. The minimum Gasteiger partial charge on any atom is -0.299 e. The van der Waals surface area contributed by atoms with Gasteiger partial charge in [-0.15, -0.1) is 0 Å². The number of Topliss-reactive ketones (excluding diaryl/α,β-unsaturated/α-hetero) is 1. The highest BCUT2D eigenvalue weighted by molar-refractivity contribution is 7.91. The van der Waals surface area contributed by atoms with Crippen molar-refractivity contribution in [3.63, 3.8) is 0 Å². The fourth-order valence-corrected chi connectivity index (χ4v) is 4.60. The predicted molar refractivity (Wildman–Crippen MR) is 94.3 cm³/mol. The van der Waals surface area contributed by atoms with Gasteiger partial charge in [-0.3, -0.25) is 4.79 Å². The molecule has 0 heterocycles. The van der Waals surface area contributed by atoms with Crippen LogP contribution >= 0.6 is 0 Å². The van der Waals surface area contributed by atoms with E-state index in [0.717, 1.165) is 31.2 Å². The smallest absolute Gasteiger partial charge is 0.152 e. The number of sulfone groups is 1. The molecule has 0 saturated heterocycles. The summed E-state index contributed by atoms with van der Waals surface area (Å²) in [6.07, 6.45) is 3.89. The highest BCUT2D eigenvalue weighted by Gasteiger charge is 2.29. The van der Waals surface area contributed by atoms with E-state index in [0.29, 0.717) is 12.2 Å². The van der Waals surface area contributed by atoms with E-state index < -0.39 is 9.84 Å². The van der Waals surface area contributed by atoms with E-state index in [1.54, 1.807) is 13.8 Å². The van der Waals surface area contributed by atoms with E-state index in [9.17, 15) is 13.2 Å². The molecule has 1 fully saturated rings. The molecule has 0 radical (unpaired) electrons. The Kier molecular flexibility index (Phi) is 6.01. The molecule has 1 saturated carbocycles. The molecule has 0 amide bonds. The van der Waals surface area contributed by atoms with Gasteiger partial charge in [-0.25, -0.2) is 8.42 Å². The first-order valence-corrected chi connectivity index (χ1v) is 10.3. The number of ketones is 1. The molecule has 0 spiro atoms. The summed E-state index contributed by atoms with van der Waals surface area (Å²) >= 11 is 0. The Balaban J connectivity index is 1.84. The molecule has 2 rings (SSSR count). The van der Waals surface area contributed by atoms with E-state index in [1.165, 1.54) is 5.56 Å². The first kappa shape index (κ1) is 18.2. The largest absolute Gasteiger partial charge is 0.299 e. The topological polar surface area (TPSA) is 51.2 Å². The summed E-state index contributed by atoms with van der Waals surface area (Å²) in [6.45, 7) is 5.52. The van der Waals surface area contributed by atoms with Crippen molar-refractivity contribution in [2.75, 3.05) is 5.75 Å². The zero-order valence-corrected chi connectivity index (χ0v) is 15.2. The summed E-state index contributed by atoms with van der Waals surface area (Å²) in [5.41, 5.74) is 2.28. The summed E-state index contributed by atoms with van der Waals surface area (Å²) in [7, 11) is -2.97. The monoisotopic (exact) mass is 336 g/mol. The second-order valence-electron chi connectivity index (χ2n) is 7.22. The van der Waals surface area contributed by atoms with Gasteiger partial charge in [0.05, 0.1) is 11.0 Å². The van der Waals surface area contributed by atoms with Crippen LogP contribution in [0.5, 0.6) is 0 Å². The van der Waals surface area contributed by atoms with Crippen LogP contribution in [0.15, 0.2) is 24.3 Å². The van der Waals surface area contributed by atoms with Crippen LogP contribution < -0.4 is 0 Å². The van der Waals surface area contributed by atoms with Crippen LogP contribution in [0.3, 0.4) is 0 Å². The summed E-state index contributed by atoms with van der Waals surface area (Å²) in [4.78, 5) is 12.4. The number of rotatable bonds is 6. The number of aryl methyl sites for hydroxylation is 1. The van der Waals surface area contributed by atoms with E-state index in [-0.39, 0.29) is 22.8 Å². The highest BCUT2D eigenvalue weighted by atomic mass is 32.2. The van der Waals surface area contributed by atoms with Gasteiger partial charge in [0.1, 0.15) is 5.78 Å². The summed E-state index contributed by atoms with van der Waals surface area (Å²) in [5, 5.41) is -0.302. The minimum absolute atomic E-state index is 0.106. The zero-order chi connectivity index (χ0) is 17.0. The van der Waals surface area contributed by atoms with Gasteiger partial charge in [-0.2, -0.15) is 0 Å². The van der Waals surface area contributed by atoms with E-state index in [1.807, 2.05) is 31.2 Å². The van der Waals surface area contributed by atoms with Crippen molar-refractivity contribution in [2.45, 2.75) is 58.1 Å². The Bertz CT molecular complexity index is 621. The normalized spacial score (nSPS) is 22.3. The summed E-state index contributed by atoms with van der Waals surface area (Å²) in [5.74, 6) is 0.919. The van der Waals surface area contributed by atoms with Crippen LogP contribution in [0.1, 0.15) is 50.7 Å². The summed E-state index contributed by atoms with van der Waals surface area (Å²) in [6, 6.07) is 8.12. The number of carbonyl (C=O) groups excluding carboxylic acids is 1. The predicted octanol–water partition coefficient (Wildman–Crippen LogP) is 3.74. The van der Waals surface area contributed by atoms with Crippen molar-refractivity contribution in [2.24, 2.45) is 11.8 Å². The van der Waals surface area contributed by atoms with E-state index in [2.05, 4.69) is 0 Å². The maximum Gasteiger partial charge on any atom is 0.152 e. The third-order valence-corrected chi connectivity index (χ3v) is 7.36. The molecule has 1 aromatic carbocycles. The van der Waals surface area contributed by atoms with Crippen LogP contribution in [0.2, 0.25) is 0 Å². The van der Waals surface area contributed by atoms with Crippen LogP contribution in [0.4, 0.5) is 0 Å². The molecular formula is C19H28O3S. The average Bonchev–Trinajstić information content (AvgIpc) is 2.49. The number of hydrogen-bond acceptors (Lipinski definition) is 3. The van der Waals surface area contributed by atoms with Crippen LogP contribution in [-0.4, -0.2) is 25.2 Å². The quantitative estimate of drug-likeness (QED) is 0.795. The van der Waals surface area contributed by atoms with Gasteiger partial charge in [-0.05, 0) is 57.9 Å². The van der Waals surface area contributed by atoms with Crippen molar-refractivity contribution >= 4 is 15.6 Å². The maximum absolute atomic E-state index is 12.4. The molecule has 3 nitrogen and oxygen atoms in total. The molecule has 4 heteroatoms. The van der Waals surface area contributed by atoms with Crippen molar-refractivity contribution in [1.82, 2.24) is 0 Å². The number of carbonyl (C=O) groups is 1. The lowest BCUT2D eigenvalue weighted by atomic mass is 9.79. The minimum atomic E-state index is -2.97. The standard InChI is InChI=1S/C19H28O3S/c1-14(2)23(21,22)13-17-8-10-18(11-9-17)19(20)12-16-6-4-15(3)5-7-16/h4-7,14,17-18H,8-13H2,1-3H3. The molecule has 0 aliphatic heterocycles. The fraction of sp³-hybridized carbons (Fsp3) is 0.632. The van der Waals surface area contributed by atoms with E-state index >= 15 is 0 Å². The van der Waals surface area contributed by atoms with Crippen LogP contribution in [0, 0.1) is 18.8 Å². The van der Waals surface area contributed by atoms with E-state index in [4.69, 9.17) is 0 Å². The van der Waals surface area contributed by atoms with Gasteiger partial charge in [0, 0.05) is 12.3 Å². The lowest BCUT2D eigenvalue weighted by molar-refractivity contribution is -0.123. The van der Waals surface area contributed by atoms with Gasteiger partial charge in [0.25, 0.3) is 0 Å². The van der Waals surface area contributed by atoms with Gasteiger partial charge < -0.3 is 0 Å². The molecule has 1 aliphatic rings. The number of benzene rings is 1. The molecule has 0 N–H and O–H groups in total. The highest BCUT2D eigenvalue weighted by Crippen LogP contribution is 2.31. The molecule has 0 bridgehead atoms. The maximum atomic E-state index is 12.4. The van der Waals surface area contributed by atoms with Crippen molar-refractivity contribution in [3.05, 3.63) is 35.4 Å². The second kappa shape index (κ2) is 7.61. The fourth-order valence-electron chi connectivity index (χ4n) is 3.22. The summed E-state index contributed by atoms with van der Waals surface area (Å²) < 4.78 is 24.0. The Morgan fingerprint density at radius 1 is 1.09 bits per heavy atom. The molecule has 1 aromatic rings. The molecule has 1 aliphatic carbocycles. The van der Waals surface area contributed by atoms with Crippen LogP contribution in [-0.2, 0) is 21.1 Å². The Morgan fingerprint density at radius 2 is 1.65 bits per heavy atom. The molecule has 23 heavy (non-hydrogen) atoms. The zero-order valence-electron chi connectivity index (χ0n) is 14.4. The average molecular weight is 336 g/mol. The van der Waals surface area contributed by atoms with Gasteiger partial charge in [0.15, 0.2) is 9.84 Å². The van der Waals surface area contributed by atoms with Crippen molar-refractivity contribution in [3.8, 4) is 0 Å². The number of hydrogen-bond donors (Lipinski definition) is 0. The molecular weight excluding hydrogens is 308 g/mol. The van der Waals surface area contributed by atoms with Gasteiger partial charge in [0.2, 0.25) is 0 Å². The Hall–Kier alpha value is -1.16. The third-order valence-electron chi connectivity index (χ3n) is 4.99. The van der Waals surface area contributed by atoms with Crippen molar-refractivity contribution < 1.29 is 13.2 Å².